The lowest BCUT2D eigenvalue weighted by Crippen LogP contribution is -2.31. The molecule has 3 nitrogen and oxygen atoms in total. The Hall–Kier alpha value is -1.06. The molecule has 1 fully saturated rings. The lowest BCUT2D eigenvalue weighted by molar-refractivity contribution is 0.128. The fraction of sp³-hybridized carbons (Fsp3) is 0.462. The Kier molecular flexibility index (Phi) is 2.81. The third-order valence-corrected chi connectivity index (χ3v) is 3.74. The lowest BCUT2D eigenvalue weighted by atomic mass is 9.79. The van der Waals surface area contributed by atoms with Crippen LogP contribution in [0.5, 0.6) is 0 Å². The highest BCUT2D eigenvalue weighted by Crippen LogP contribution is 2.40. The van der Waals surface area contributed by atoms with Gasteiger partial charge in [-0.25, -0.2) is 4.98 Å². The number of aromatic nitrogens is 1. The lowest BCUT2D eigenvalue weighted by Gasteiger charge is -2.28. The van der Waals surface area contributed by atoms with Crippen LogP contribution >= 0.6 is 11.6 Å². The van der Waals surface area contributed by atoms with Crippen LogP contribution in [0.2, 0.25) is 5.02 Å². The molecule has 0 spiro atoms. The van der Waals surface area contributed by atoms with Gasteiger partial charge in [0.15, 0.2) is 0 Å². The number of anilines is 1. The van der Waals surface area contributed by atoms with Crippen LogP contribution in [0.15, 0.2) is 30.5 Å². The quantitative estimate of drug-likeness (QED) is 0.838. The Labute approximate surface area is 106 Å². The average molecular weight is 251 g/mol. The van der Waals surface area contributed by atoms with Crippen molar-refractivity contribution in [1.29, 1.82) is 0 Å². The molecule has 2 atom stereocenters. The molecule has 1 aromatic heterocycles. The van der Waals surface area contributed by atoms with E-state index in [4.69, 9.17) is 16.3 Å². The van der Waals surface area contributed by atoms with Crippen molar-refractivity contribution < 1.29 is 4.74 Å². The summed E-state index contributed by atoms with van der Waals surface area (Å²) in [5.41, 5.74) is 0.239. The second-order valence-corrected chi connectivity index (χ2v) is 5.34. The van der Waals surface area contributed by atoms with Crippen molar-refractivity contribution in [2.24, 2.45) is 5.41 Å². The highest BCUT2D eigenvalue weighted by Gasteiger charge is 2.40. The van der Waals surface area contributed by atoms with Gasteiger partial charge in [-0.2, -0.15) is 0 Å². The summed E-state index contributed by atoms with van der Waals surface area (Å²) in [7, 11) is 0. The molecule has 1 N–H and O–H groups in total. The molecular formula is C13H15ClN2O. The molecule has 17 heavy (non-hydrogen) atoms. The van der Waals surface area contributed by atoms with Crippen LogP contribution in [0.3, 0.4) is 0 Å². The number of fused-ring (bicyclic) bond motifs is 2. The summed E-state index contributed by atoms with van der Waals surface area (Å²) in [6, 6.07) is 3.63. The predicted octanol–water partition coefficient (Wildman–Crippen LogP) is 2.88. The van der Waals surface area contributed by atoms with Gasteiger partial charge in [0.05, 0.1) is 12.7 Å². The van der Waals surface area contributed by atoms with Crippen LogP contribution in [-0.2, 0) is 4.74 Å². The molecule has 90 valence electrons. The van der Waals surface area contributed by atoms with Crippen LogP contribution < -0.4 is 5.32 Å². The summed E-state index contributed by atoms with van der Waals surface area (Å²) in [6.07, 6.45) is 8.63. The molecule has 0 saturated carbocycles. The fourth-order valence-electron chi connectivity index (χ4n) is 2.54. The molecule has 1 aromatic rings. The first-order valence-electron chi connectivity index (χ1n) is 5.90. The van der Waals surface area contributed by atoms with Crippen molar-refractivity contribution in [3.63, 3.8) is 0 Å². The van der Waals surface area contributed by atoms with Crippen molar-refractivity contribution in [3.8, 4) is 0 Å². The van der Waals surface area contributed by atoms with Gasteiger partial charge in [0, 0.05) is 23.2 Å². The molecule has 0 radical (unpaired) electrons. The Morgan fingerprint density at radius 2 is 2.53 bits per heavy atom. The van der Waals surface area contributed by atoms with Crippen LogP contribution in [-0.4, -0.2) is 24.2 Å². The highest BCUT2D eigenvalue weighted by molar-refractivity contribution is 6.30. The molecule has 2 heterocycles. The second-order valence-electron chi connectivity index (χ2n) is 4.90. The van der Waals surface area contributed by atoms with Crippen LogP contribution in [0.1, 0.15) is 12.8 Å². The topological polar surface area (TPSA) is 34.2 Å². The van der Waals surface area contributed by atoms with Crippen LogP contribution in [0, 0.1) is 5.41 Å². The summed E-state index contributed by atoms with van der Waals surface area (Å²) >= 11 is 5.93. The molecule has 3 rings (SSSR count). The van der Waals surface area contributed by atoms with E-state index in [0.717, 1.165) is 31.8 Å². The summed E-state index contributed by atoms with van der Waals surface area (Å²) in [5, 5.41) is 4.08. The van der Waals surface area contributed by atoms with Gasteiger partial charge in [-0.15, -0.1) is 0 Å². The summed E-state index contributed by atoms with van der Waals surface area (Å²) in [6.45, 7) is 1.72. The molecule has 0 aromatic carbocycles. The minimum Gasteiger partial charge on any atom is -0.373 e. The van der Waals surface area contributed by atoms with Crippen molar-refractivity contribution in [1.82, 2.24) is 4.98 Å². The maximum Gasteiger partial charge on any atom is 0.127 e. The number of halogens is 1. The fourth-order valence-corrected chi connectivity index (χ4v) is 2.70. The minimum absolute atomic E-state index is 0.239. The normalized spacial score (nSPS) is 30.5. The zero-order chi connectivity index (χ0) is 11.7. The van der Waals surface area contributed by atoms with E-state index in [1.807, 2.05) is 6.07 Å². The smallest absolute Gasteiger partial charge is 0.127 e. The van der Waals surface area contributed by atoms with Gasteiger partial charge in [-0.1, -0.05) is 23.8 Å². The maximum atomic E-state index is 5.93. The van der Waals surface area contributed by atoms with E-state index >= 15 is 0 Å². The minimum atomic E-state index is 0.239. The number of ether oxygens (including phenoxy) is 1. The SMILES string of the molecule is Clc1ccnc(NCC23CC=CC(C2)OC3)c1. The number of pyridine rings is 1. The summed E-state index contributed by atoms with van der Waals surface area (Å²) < 4.78 is 5.72. The zero-order valence-electron chi connectivity index (χ0n) is 9.53. The number of nitrogens with zero attached hydrogens (tertiary/aromatic N) is 1. The third-order valence-electron chi connectivity index (χ3n) is 3.51. The molecule has 4 heteroatoms. The summed E-state index contributed by atoms with van der Waals surface area (Å²) in [5.74, 6) is 0.838. The molecule has 0 amide bonds. The largest absolute Gasteiger partial charge is 0.373 e. The standard InChI is InChI=1S/C13H15ClN2O/c14-10-3-5-15-12(6-10)16-8-13-4-1-2-11(7-13)17-9-13/h1-3,5-6,11H,4,7-9H2,(H,15,16). The molecule has 1 aliphatic heterocycles. The number of hydrogen-bond donors (Lipinski definition) is 1. The van der Waals surface area contributed by atoms with Gasteiger partial charge in [-0.05, 0) is 25.0 Å². The van der Waals surface area contributed by atoms with E-state index < -0.39 is 0 Å². The average Bonchev–Trinajstić information content (AvgIpc) is 2.63. The molecule has 2 aliphatic rings. The van der Waals surface area contributed by atoms with Crippen molar-refractivity contribution >= 4 is 17.4 Å². The van der Waals surface area contributed by atoms with E-state index in [1.54, 1.807) is 12.3 Å². The van der Waals surface area contributed by atoms with Crippen LogP contribution in [0.4, 0.5) is 5.82 Å². The second kappa shape index (κ2) is 4.31. The highest BCUT2D eigenvalue weighted by atomic mass is 35.5. The molecular weight excluding hydrogens is 236 g/mol. The predicted molar refractivity (Wildman–Crippen MR) is 68.3 cm³/mol. The van der Waals surface area contributed by atoms with Crippen molar-refractivity contribution in [2.45, 2.75) is 18.9 Å². The molecule has 2 bridgehead atoms. The van der Waals surface area contributed by atoms with E-state index in [0.29, 0.717) is 11.1 Å². The van der Waals surface area contributed by atoms with E-state index in [9.17, 15) is 0 Å². The number of allylic oxidation sites excluding steroid dienone is 1. The Morgan fingerprint density at radius 3 is 3.41 bits per heavy atom. The van der Waals surface area contributed by atoms with E-state index in [2.05, 4.69) is 22.5 Å². The zero-order valence-corrected chi connectivity index (χ0v) is 10.3. The molecule has 2 unspecified atom stereocenters. The van der Waals surface area contributed by atoms with Crippen LogP contribution in [0.25, 0.3) is 0 Å². The van der Waals surface area contributed by atoms with Crippen molar-refractivity contribution in [3.05, 3.63) is 35.5 Å². The molecule has 1 aliphatic carbocycles. The first-order chi connectivity index (χ1) is 8.26. The van der Waals surface area contributed by atoms with Gasteiger partial charge in [0.25, 0.3) is 0 Å². The van der Waals surface area contributed by atoms with Gasteiger partial charge in [0.1, 0.15) is 5.82 Å². The maximum absolute atomic E-state index is 5.93. The number of rotatable bonds is 3. The van der Waals surface area contributed by atoms with Gasteiger partial charge < -0.3 is 10.1 Å². The number of hydrogen-bond acceptors (Lipinski definition) is 3. The summed E-state index contributed by atoms with van der Waals surface area (Å²) in [4.78, 5) is 4.25. The third kappa shape index (κ3) is 2.31. The monoisotopic (exact) mass is 250 g/mol. The Morgan fingerprint density at radius 1 is 1.59 bits per heavy atom. The van der Waals surface area contributed by atoms with Gasteiger partial charge >= 0.3 is 0 Å². The Bertz CT molecular complexity index is 449. The van der Waals surface area contributed by atoms with Crippen molar-refractivity contribution in [2.75, 3.05) is 18.5 Å². The first-order valence-corrected chi connectivity index (χ1v) is 6.27. The van der Waals surface area contributed by atoms with Gasteiger partial charge in [-0.3, -0.25) is 0 Å². The van der Waals surface area contributed by atoms with E-state index in [1.165, 1.54) is 0 Å². The van der Waals surface area contributed by atoms with E-state index in [-0.39, 0.29) is 5.41 Å². The molecule has 1 saturated heterocycles. The number of nitrogens with one attached hydrogen (secondary N) is 1. The first kappa shape index (κ1) is 11.1. The van der Waals surface area contributed by atoms with Gasteiger partial charge in [0.2, 0.25) is 0 Å². The Balaban J connectivity index is 1.66.